The zero-order chi connectivity index (χ0) is 22.8. The van der Waals surface area contributed by atoms with E-state index >= 15 is 0 Å². The van der Waals surface area contributed by atoms with Gasteiger partial charge in [0.2, 0.25) is 10.0 Å². The van der Waals surface area contributed by atoms with Crippen LogP contribution < -0.4 is 0 Å². The molecule has 2 aliphatic rings. The van der Waals surface area contributed by atoms with Crippen LogP contribution in [0.5, 0.6) is 0 Å². The summed E-state index contributed by atoms with van der Waals surface area (Å²) in [5, 5.41) is 0. The minimum atomic E-state index is -3.62. The number of ether oxygens (including phenoxy) is 1. The molecule has 0 unspecified atom stereocenters. The van der Waals surface area contributed by atoms with Gasteiger partial charge in [0.25, 0.3) is 5.91 Å². The molecule has 3 rings (SSSR count). The van der Waals surface area contributed by atoms with E-state index in [4.69, 9.17) is 4.74 Å². The fourth-order valence-electron chi connectivity index (χ4n) is 3.86. The third kappa shape index (κ3) is 5.57. The molecule has 0 spiro atoms. The lowest BCUT2D eigenvalue weighted by Gasteiger charge is -2.35. The largest absolute Gasteiger partial charge is 0.444 e. The van der Waals surface area contributed by atoms with Crippen molar-refractivity contribution in [2.24, 2.45) is 0 Å². The van der Waals surface area contributed by atoms with Crippen LogP contribution in [-0.4, -0.2) is 79.4 Å². The van der Waals surface area contributed by atoms with Crippen LogP contribution >= 0.6 is 0 Å². The van der Waals surface area contributed by atoms with Crippen LogP contribution in [0.3, 0.4) is 0 Å². The van der Waals surface area contributed by atoms with E-state index in [1.54, 1.807) is 28.9 Å². The molecule has 9 heteroatoms. The quantitative estimate of drug-likeness (QED) is 0.705. The zero-order valence-corrected chi connectivity index (χ0v) is 19.7. The molecule has 2 amide bonds. The second-order valence-electron chi connectivity index (χ2n) is 9.20. The highest BCUT2D eigenvalue weighted by molar-refractivity contribution is 7.89. The monoisotopic (exact) mass is 451 g/mol. The van der Waals surface area contributed by atoms with Gasteiger partial charge in [0.1, 0.15) is 5.60 Å². The first kappa shape index (κ1) is 23.5. The van der Waals surface area contributed by atoms with Crippen LogP contribution in [0.1, 0.15) is 56.0 Å². The summed E-state index contributed by atoms with van der Waals surface area (Å²) in [7, 11) is -3.62. The van der Waals surface area contributed by atoms with Crippen LogP contribution in [0.4, 0.5) is 4.79 Å². The maximum atomic E-state index is 13.1. The minimum Gasteiger partial charge on any atom is -0.444 e. The average molecular weight is 452 g/mol. The van der Waals surface area contributed by atoms with Crippen molar-refractivity contribution < 1.29 is 22.7 Å². The van der Waals surface area contributed by atoms with Gasteiger partial charge in [-0.15, -0.1) is 0 Å². The van der Waals surface area contributed by atoms with Crippen molar-refractivity contribution in [3.8, 4) is 0 Å². The predicted molar refractivity (Wildman–Crippen MR) is 117 cm³/mol. The minimum absolute atomic E-state index is 0.202. The SMILES string of the molecule is Cc1ccc(C(=O)N2CCN(C(=O)OC(C)(C)C)CC2)cc1S(=O)(=O)N1CCCCC1. The molecule has 0 bridgehead atoms. The van der Waals surface area contributed by atoms with E-state index < -0.39 is 15.6 Å². The van der Waals surface area contributed by atoms with Crippen LogP contribution in [0.15, 0.2) is 23.1 Å². The van der Waals surface area contributed by atoms with Gasteiger partial charge < -0.3 is 14.5 Å². The third-order valence-corrected chi connectivity index (χ3v) is 7.63. The lowest BCUT2D eigenvalue weighted by molar-refractivity contribution is 0.0141. The lowest BCUT2D eigenvalue weighted by atomic mass is 10.1. The molecule has 0 radical (unpaired) electrons. The molecular formula is C22H33N3O5S. The number of nitrogens with zero attached hydrogens (tertiary/aromatic N) is 3. The third-order valence-electron chi connectivity index (χ3n) is 5.59. The fourth-order valence-corrected chi connectivity index (χ4v) is 5.62. The van der Waals surface area contributed by atoms with Crippen LogP contribution in [0.25, 0.3) is 0 Å². The number of carbonyl (C=O) groups excluding carboxylic acids is 2. The van der Waals surface area contributed by atoms with Crippen molar-refractivity contribution in [1.82, 2.24) is 14.1 Å². The summed E-state index contributed by atoms with van der Waals surface area (Å²) >= 11 is 0. The molecule has 0 N–H and O–H groups in total. The molecule has 8 nitrogen and oxygen atoms in total. The Bertz CT molecular complexity index is 925. The molecule has 0 aliphatic carbocycles. The fraction of sp³-hybridized carbons (Fsp3) is 0.636. The zero-order valence-electron chi connectivity index (χ0n) is 18.9. The summed E-state index contributed by atoms with van der Waals surface area (Å²) in [5.74, 6) is -0.223. The van der Waals surface area contributed by atoms with Crippen molar-refractivity contribution in [3.05, 3.63) is 29.3 Å². The molecule has 31 heavy (non-hydrogen) atoms. The predicted octanol–water partition coefficient (Wildman–Crippen LogP) is 2.86. The Balaban J connectivity index is 1.70. The lowest BCUT2D eigenvalue weighted by Crippen LogP contribution is -2.51. The van der Waals surface area contributed by atoms with Crippen molar-refractivity contribution >= 4 is 22.0 Å². The first-order chi connectivity index (χ1) is 14.5. The Kier molecular flexibility index (Phi) is 6.95. The van der Waals surface area contributed by atoms with Gasteiger partial charge in [-0.25, -0.2) is 13.2 Å². The summed E-state index contributed by atoms with van der Waals surface area (Å²) in [5.41, 5.74) is 0.422. The van der Waals surface area contributed by atoms with Gasteiger partial charge >= 0.3 is 6.09 Å². The Labute approximate surface area is 185 Å². The van der Waals surface area contributed by atoms with Crippen molar-refractivity contribution in [1.29, 1.82) is 0 Å². The Morgan fingerprint density at radius 2 is 1.48 bits per heavy atom. The molecule has 2 saturated heterocycles. The number of amides is 2. The van der Waals surface area contributed by atoms with Gasteiger partial charge in [-0.3, -0.25) is 4.79 Å². The summed E-state index contributed by atoms with van der Waals surface area (Å²) in [6.07, 6.45) is 2.38. The van der Waals surface area contributed by atoms with E-state index in [0.717, 1.165) is 19.3 Å². The number of benzene rings is 1. The Morgan fingerprint density at radius 3 is 2.06 bits per heavy atom. The van der Waals surface area contributed by atoms with E-state index in [1.165, 1.54) is 10.4 Å². The van der Waals surface area contributed by atoms with Crippen LogP contribution in [-0.2, 0) is 14.8 Å². The maximum absolute atomic E-state index is 13.1. The van der Waals surface area contributed by atoms with E-state index in [1.807, 2.05) is 20.8 Å². The molecule has 1 aromatic rings. The number of piperazine rings is 1. The van der Waals surface area contributed by atoms with Gasteiger partial charge in [0.15, 0.2) is 0 Å². The van der Waals surface area contributed by atoms with Gasteiger partial charge in [-0.05, 0) is 58.2 Å². The average Bonchev–Trinajstić information content (AvgIpc) is 2.73. The number of aryl methyl sites for hydroxylation is 1. The van der Waals surface area contributed by atoms with Crippen LogP contribution in [0, 0.1) is 6.92 Å². The second kappa shape index (κ2) is 9.16. The Hall–Kier alpha value is -2.13. The summed E-state index contributed by atoms with van der Waals surface area (Å²) in [4.78, 5) is 28.7. The molecule has 0 aromatic heterocycles. The van der Waals surface area contributed by atoms with Crippen molar-refractivity contribution in [2.75, 3.05) is 39.3 Å². The molecule has 172 valence electrons. The molecule has 2 fully saturated rings. The first-order valence-corrected chi connectivity index (χ1v) is 12.3. The normalized spacial score (nSPS) is 18.7. The highest BCUT2D eigenvalue weighted by Gasteiger charge is 2.31. The van der Waals surface area contributed by atoms with Crippen molar-refractivity contribution in [2.45, 2.75) is 57.5 Å². The number of hydrogen-bond acceptors (Lipinski definition) is 5. The molecule has 0 saturated carbocycles. The Morgan fingerprint density at radius 1 is 0.903 bits per heavy atom. The molecule has 1 aromatic carbocycles. The van der Waals surface area contributed by atoms with Gasteiger partial charge in [0.05, 0.1) is 4.90 Å². The second-order valence-corrected chi connectivity index (χ2v) is 11.1. The molecular weight excluding hydrogens is 418 g/mol. The van der Waals surface area contributed by atoms with Gasteiger partial charge in [-0.1, -0.05) is 12.5 Å². The number of sulfonamides is 1. The number of piperidine rings is 1. The van der Waals surface area contributed by atoms with Gasteiger partial charge in [-0.2, -0.15) is 4.31 Å². The number of hydrogen-bond donors (Lipinski definition) is 0. The maximum Gasteiger partial charge on any atom is 0.410 e. The summed E-state index contributed by atoms with van der Waals surface area (Å²) in [6, 6.07) is 4.87. The summed E-state index contributed by atoms with van der Waals surface area (Å²) < 4.78 is 33.2. The highest BCUT2D eigenvalue weighted by Crippen LogP contribution is 2.25. The number of rotatable bonds is 3. The van der Waals surface area contributed by atoms with E-state index in [0.29, 0.717) is 50.4 Å². The molecule has 0 atom stereocenters. The number of carbonyl (C=O) groups is 2. The standard InChI is InChI=1S/C22H33N3O5S/c1-17-8-9-18(16-19(17)31(28,29)25-10-6-5-7-11-25)20(26)23-12-14-24(15-13-23)21(27)30-22(2,3)4/h8-9,16H,5-7,10-15H2,1-4H3. The summed E-state index contributed by atoms with van der Waals surface area (Å²) in [6.45, 7) is 9.76. The van der Waals surface area contributed by atoms with Crippen molar-refractivity contribution in [3.63, 3.8) is 0 Å². The van der Waals surface area contributed by atoms with Gasteiger partial charge in [0, 0.05) is 44.8 Å². The van der Waals surface area contributed by atoms with E-state index in [2.05, 4.69) is 0 Å². The first-order valence-electron chi connectivity index (χ1n) is 10.9. The highest BCUT2D eigenvalue weighted by atomic mass is 32.2. The molecule has 2 heterocycles. The van der Waals surface area contributed by atoms with E-state index in [9.17, 15) is 18.0 Å². The van der Waals surface area contributed by atoms with Crippen LogP contribution in [0.2, 0.25) is 0 Å². The molecule has 2 aliphatic heterocycles. The smallest absolute Gasteiger partial charge is 0.410 e. The van der Waals surface area contributed by atoms with E-state index in [-0.39, 0.29) is 16.9 Å². The topological polar surface area (TPSA) is 87.2 Å².